The van der Waals surface area contributed by atoms with Crippen LogP contribution in [0.3, 0.4) is 0 Å². The van der Waals surface area contributed by atoms with E-state index in [2.05, 4.69) is 10.3 Å². The Bertz CT molecular complexity index is 917. The number of amides is 1. The van der Waals surface area contributed by atoms with Crippen molar-refractivity contribution < 1.29 is 4.79 Å². The molecule has 0 fully saturated rings. The van der Waals surface area contributed by atoms with Crippen molar-refractivity contribution in [3.8, 4) is 0 Å². The Kier molecular flexibility index (Phi) is 3.83. The third kappa shape index (κ3) is 2.56. The van der Waals surface area contributed by atoms with Gasteiger partial charge >= 0.3 is 0 Å². The van der Waals surface area contributed by atoms with Crippen molar-refractivity contribution in [1.29, 1.82) is 0 Å². The Hall–Kier alpha value is -2.37. The molecule has 0 aliphatic heterocycles. The molecule has 7 heteroatoms. The molecule has 1 amide bonds. The van der Waals surface area contributed by atoms with E-state index < -0.39 is 5.91 Å². The number of nitrogens with zero attached hydrogens (tertiary/aromatic N) is 2. The van der Waals surface area contributed by atoms with Crippen LogP contribution in [-0.2, 0) is 0 Å². The number of pyridine rings is 1. The third-order valence-electron chi connectivity index (χ3n) is 3.05. The second-order valence-corrected chi connectivity index (χ2v) is 5.27. The van der Waals surface area contributed by atoms with E-state index in [-0.39, 0.29) is 26.9 Å². The summed E-state index contributed by atoms with van der Waals surface area (Å²) in [6.07, 6.45) is 2.88. The number of halogens is 2. The van der Waals surface area contributed by atoms with Gasteiger partial charge in [0.05, 0.1) is 21.8 Å². The molecule has 110 valence electrons. The fourth-order valence-corrected chi connectivity index (χ4v) is 2.58. The second kappa shape index (κ2) is 5.79. The molecule has 3 rings (SSSR count). The highest BCUT2D eigenvalue weighted by atomic mass is 35.5. The van der Waals surface area contributed by atoms with Gasteiger partial charge < -0.3 is 5.32 Å². The summed E-state index contributed by atoms with van der Waals surface area (Å²) in [6.45, 7) is 0. The van der Waals surface area contributed by atoms with Crippen LogP contribution >= 0.6 is 23.2 Å². The van der Waals surface area contributed by atoms with E-state index in [1.165, 1.54) is 10.6 Å². The first kappa shape index (κ1) is 14.6. The summed E-state index contributed by atoms with van der Waals surface area (Å²) in [7, 11) is 0. The molecular weight excluding hydrogens is 325 g/mol. The minimum absolute atomic E-state index is 0.0460. The molecule has 5 nitrogen and oxygen atoms in total. The van der Waals surface area contributed by atoms with Gasteiger partial charge in [-0.2, -0.15) is 0 Å². The summed E-state index contributed by atoms with van der Waals surface area (Å²) >= 11 is 12.0. The van der Waals surface area contributed by atoms with Gasteiger partial charge in [0.1, 0.15) is 11.3 Å². The lowest BCUT2D eigenvalue weighted by molar-refractivity contribution is 0.102. The van der Waals surface area contributed by atoms with Crippen molar-refractivity contribution in [2.24, 2.45) is 0 Å². The Balaban J connectivity index is 2.02. The Morgan fingerprint density at radius 3 is 2.55 bits per heavy atom. The summed E-state index contributed by atoms with van der Waals surface area (Å²) in [4.78, 5) is 28.7. The molecule has 0 aliphatic carbocycles. The quantitative estimate of drug-likeness (QED) is 0.782. The molecule has 0 radical (unpaired) electrons. The highest BCUT2D eigenvalue weighted by Gasteiger charge is 2.16. The maximum absolute atomic E-state index is 12.3. The fourth-order valence-electron chi connectivity index (χ4n) is 2.01. The smallest absolute Gasteiger partial charge is 0.281 e. The van der Waals surface area contributed by atoms with Crippen molar-refractivity contribution in [2.75, 3.05) is 5.32 Å². The molecule has 3 aromatic rings. The van der Waals surface area contributed by atoms with Crippen LogP contribution in [0.4, 0.5) is 5.69 Å². The largest absolute Gasteiger partial charge is 0.316 e. The van der Waals surface area contributed by atoms with E-state index in [1.54, 1.807) is 42.6 Å². The van der Waals surface area contributed by atoms with Gasteiger partial charge in [0.15, 0.2) is 0 Å². The van der Waals surface area contributed by atoms with E-state index in [0.29, 0.717) is 5.65 Å². The molecule has 0 saturated carbocycles. The minimum atomic E-state index is -0.564. The van der Waals surface area contributed by atoms with Crippen molar-refractivity contribution in [3.63, 3.8) is 0 Å². The van der Waals surface area contributed by atoms with Crippen LogP contribution < -0.4 is 10.9 Å². The van der Waals surface area contributed by atoms with Gasteiger partial charge in [0, 0.05) is 6.20 Å². The van der Waals surface area contributed by atoms with Crippen molar-refractivity contribution >= 4 is 40.4 Å². The first-order valence-corrected chi connectivity index (χ1v) is 7.05. The molecule has 0 saturated heterocycles. The lowest BCUT2D eigenvalue weighted by Crippen LogP contribution is -2.23. The number of hydrogen-bond acceptors (Lipinski definition) is 3. The van der Waals surface area contributed by atoms with Crippen LogP contribution in [-0.4, -0.2) is 15.3 Å². The summed E-state index contributed by atoms with van der Waals surface area (Å²) in [5, 5.41) is 2.91. The zero-order chi connectivity index (χ0) is 15.7. The van der Waals surface area contributed by atoms with Crippen molar-refractivity contribution in [1.82, 2.24) is 9.38 Å². The number of aromatic nitrogens is 2. The van der Waals surface area contributed by atoms with Crippen LogP contribution in [0.25, 0.3) is 5.65 Å². The van der Waals surface area contributed by atoms with E-state index in [4.69, 9.17) is 23.2 Å². The van der Waals surface area contributed by atoms with Gasteiger partial charge in [-0.3, -0.25) is 14.0 Å². The van der Waals surface area contributed by atoms with E-state index in [0.717, 1.165) is 0 Å². The summed E-state index contributed by atoms with van der Waals surface area (Å²) in [5.74, 6) is -0.564. The molecule has 2 heterocycles. The first-order chi connectivity index (χ1) is 10.6. The number of hydrogen-bond donors (Lipinski definition) is 1. The summed E-state index contributed by atoms with van der Waals surface area (Å²) in [5.41, 5.74) is 0.261. The molecular formula is C15H9Cl2N3O2. The molecule has 22 heavy (non-hydrogen) atoms. The molecule has 0 aliphatic rings. The molecule has 0 unspecified atom stereocenters. The van der Waals surface area contributed by atoms with Gasteiger partial charge in [-0.25, -0.2) is 4.98 Å². The van der Waals surface area contributed by atoms with Crippen molar-refractivity contribution in [3.05, 3.63) is 74.8 Å². The van der Waals surface area contributed by atoms with E-state index in [1.807, 2.05) is 0 Å². The standard InChI is InChI=1S/C15H9Cl2N3O2/c16-9-4-3-5-10(17)13(9)14(21)19-11-8-18-12-6-1-2-7-20(12)15(11)22/h1-8H,(H,19,21). The van der Waals surface area contributed by atoms with Gasteiger partial charge in [0.2, 0.25) is 0 Å². The lowest BCUT2D eigenvalue weighted by atomic mass is 10.2. The first-order valence-electron chi connectivity index (χ1n) is 6.29. The maximum Gasteiger partial charge on any atom is 0.281 e. The Morgan fingerprint density at radius 1 is 1.09 bits per heavy atom. The zero-order valence-electron chi connectivity index (χ0n) is 11.1. The number of rotatable bonds is 2. The van der Waals surface area contributed by atoms with Crippen molar-refractivity contribution in [2.45, 2.75) is 0 Å². The average Bonchev–Trinajstić information content (AvgIpc) is 2.50. The molecule has 2 aromatic heterocycles. The maximum atomic E-state index is 12.3. The second-order valence-electron chi connectivity index (χ2n) is 4.46. The molecule has 0 bridgehead atoms. The predicted molar refractivity (Wildman–Crippen MR) is 85.9 cm³/mol. The van der Waals surface area contributed by atoms with Crippen LogP contribution in [0.1, 0.15) is 10.4 Å². The SMILES string of the molecule is O=C(Nc1cnc2ccccn2c1=O)c1c(Cl)cccc1Cl. The fraction of sp³-hybridized carbons (Fsp3) is 0. The molecule has 0 spiro atoms. The van der Waals surface area contributed by atoms with E-state index in [9.17, 15) is 9.59 Å². The van der Waals surface area contributed by atoms with Gasteiger partial charge in [-0.1, -0.05) is 35.3 Å². The topological polar surface area (TPSA) is 63.5 Å². The number of carbonyl (C=O) groups is 1. The van der Waals surface area contributed by atoms with Gasteiger partial charge in [-0.15, -0.1) is 0 Å². The predicted octanol–water partition coefficient (Wildman–Crippen LogP) is 3.25. The number of fused-ring (bicyclic) bond motifs is 1. The van der Waals surface area contributed by atoms with Crippen LogP contribution in [0, 0.1) is 0 Å². The molecule has 1 N–H and O–H groups in total. The third-order valence-corrected chi connectivity index (χ3v) is 3.68. The number of carbonyl (C=O) groups excluding carboxylic acids is 1. The van der Waals surface area contributed by atoms with Crippen LogP contribution in [0.5, 0.6) is 0 Å². The van der Waals surface area contributed by atoms with Gasteiger partial charge in [0.25, 0.3) is 11.5 Å². The Labute approximate surface area is 135 Å². The molecule has 1 aromatic carbocycles. The monoisotopic (exact) mass is 333 g/mol. The average molecular weight is 334 g/mol. The minimum Gasteiger partial charge on any atom is -0.316 e. The normalized spacial score (nSPS) is 10.6. The summed E-state index contributed by atoms with van der Waals surface area (Å²) < 4.78 is 1.34. The van der Waals surface area contributed by atoms with E-state index >= 15 is 0 Å². The lowest BCUT2D eigenvalue weighted by Gasteiger charge is -2.08. The van der Waals surface area contributed by atoms with Crippen LogP contribution in [0.2, 0.25) is 10.0 Å². The summed E-state index contributed by atoms with van der Waals surface area (Å²) in [6, 6.07) is 9.89. The highest BCUT2D eigenvalue weighted by molar-refractivity contribution is 6.40. The highest BCUT2D eigenvalue weighted by Crippen LogP contribution is 2.24. The van der Waals surface area contributed by atoms with Crippen LogP contribution in [0.15, 0.2) is 53.6 Å². The number of nitrogens with one attached hydrogen (secondary N) is 1. The van der Waals surface area contributed by atoms with Gasteiger partial charge in [-0.05, 0) is 24.3 Å². The molecule has 0 atom stereocenters. The zero-order valence-corrected chi connectivity index (χ0v) is 12.6. The number of benzene rings is 1. The Morgan fingerprint density at radius 2 is 1.82 bits per heavy atom. The number of anilines is 1.